The highest BCUT2D eigenvalue weighted by Gasteiger charge is 2.17. The molecule has 0 aliphatic heterocycles. The van der Waals surface area contributed by atoms with Gasteiger partial charge in [0.15, 0.2) is 0 Å². The summed E-state index contributed by atoms with van der Waals surface area (Å²) in [6.07, 6.45) is 2.49. The third-order valence-electron chi connectivity index (χ3n) is 2.38. The second-order valence-electron chi connectivity index (χ2n) is 5.24. The molecule has 0 fully saturated rings. The van der Waals surface area contributed by atoms with Crippen LogP contribution in [0.25, 0.3) is 0 Å². The predicted molar refractivity (Wildman–Crippen MR) is 76.6 cm³/mol. The Morgan fingerprint density at radius 3 is 1.75 bits per heavy atom. The highest BCUT2D eigenvalue weighted by molar-refractivity contribution is 4.99. The molecule has 1 nitrogen and oxygen atoms in total. The van der Waals surface area contributed by atoms with Gasteiger partial charge in [0.25, 0.3) is 0 Å². The van der Waals surface area contributed by atoms with Crippen LogP contribution in [0, 0.1) is 17.8 Å². The summed E-state index contributed by atoms with van der Waals surface area (Å²) in [6, 6.07) is 0. The molecule has 1 heteroatoms. The first kappa shape index (κ1) is 17.9. The summed E-state index contributed by atoms with van der Waals surface area (Å²) >= 11 is 0. The molecule has 0 amide bonds. The van der Waals surface area contributed by atoms with Crippen molar-refractivity contribution in [3.63, 3.8) is 0 Å². The second kappa shape index (κ2) is 11.0. The van der Waals surface area contributed by atoms with Crippen LogP contribution in [-0.2, 0) is 0 Å². The van der Waals surface area contributed by atoms with Crippen LogP contribution in [0.15, 0.2) is 12.3 Å². The third kappa shape index (κ3) is 10.1. The smallest absolute Gasteiger partial charge is 0.0115 e. The molecule has 0 aliphatic carbocycles. The van der Waals surface area contributed by atoms with Crippen molar-refractivity contribution in [2.24, 2.45) is 17.8 Å². The largest absolute Gasteiger partial charge is 0.389 e. The first-order valence-electron chi connectivity index (χ1n) is 6.83. The van der Waals surface area contributed by atoms with E-state index >= 15 is 0 Å². The molecule has 0 bridgehead atoms. The molecule has 1 unspecified atom stereocenters. The van der Waals surface area contributed by atoms with E-state index in [2.05, 4.69) is 60.4 Å². The maximum Gasteiger partial charge on any atom is 0.0115 e. The van der Waals surface area contributed by atoms with Crippen molar-refractivity contribution in [3.8, 4) is 0 Å². The van der Waals surface area contributed by atoms with E-state index in [1.807, 2.05) is 0 Å². The molecule has 0 spiro atoms. The van der Waals surface area contributed by atoms with E-state index in [-0.39, 0.29) is 0 Å². The molecule has 98 valence electrons. The average molecular weight is 227 g/mol. The lowest BCUT2D eigenvalue weighted by Gasteiger charge is -2.25. The maximum absolute atomic E-state index is 4.11. The molecule has 0 saturated carbocycles. The Bertz CT molecular complexity index is 159. The highest BCUT2D eigenvalue weighted by Crippen LogP contribution is 2.24. The fourth-order valence-electron chi connectivity index (χ4n) is 1.68. The average Bonchev–Trinajstić information content (AvgIpc) is 2.15. The minimum absolute atomic E-state index is 0.625. The van der Waals surface area contributed by atoms with Crippen molar-refractivity contribution in [1.82, 2.24) is 5.32 Å². The molecule has 0 aliphatic rings. The molecule has 1 atom stereocenters. The van der Waals surface area contributed by atoms with Crippen LogP contribution in [0.2, 0.25) is 0 Å². The summed E-state index contributed by atoms with van der Waals surface area (Å²) in [4.78, 5) is 0. The third-order valence-corrected chi connectivity index (χ3v) is 2.38. The summed E-state index contributed by atoms with van der Waals surface area (Å²) in [7, 11) is 0. The number of hydrogen-bond acceptors (Lipinski definition) is 1. The molecule has 0 aromatic rings. The van der Waals surface area contributed by atoms with Crippen molar-refractivity contribution < 1.29 is 0 Å². The Labute approximate surface area is 104 Å². The second-order valence-corrected chi connectivity index (χ2v) is 5.24. The normalized spacial score (nSPS) is 12.1. The minimum atomic E-state index is 0.625. The molecule has 0 aromatic heterocycles. The van der Waals surface area contributed by atoms with Crippen LogP contribution < -0.4 is 5.32 Å². The van der Waals surface area contributed by atoms with Gasteiger partial charge in [-0.2, -0.15) is 0 Å². The topological polar surface area (TPSA) is 12.0 Å². The lowest BCUT2D eigenvalue weighted by atomic mass is 9.85. The van der Waals surface area contributed by atoms with Crippen molar-refractivity contribution >= 4 is 0 Å². The molecule has 16 heavy (non-hydrogen) atoms. The Hall–Kier alpha value is -0.460. The molecule has 0 radical (unpaired) electrons. The van der Waals surface area contributed by atoms with Gasteiger partial charge < -0.3 is 5.32 Å². The zero-order valence-corrected chi connectivity index (χ0v) is 12.6. The fourth-order valence-corrected chi connectivity index (χ4v) is 1.68. The highest BCUT2D eigenvalue weighted by atomic mass is 14.9. The molecule has 1 N–H and O–H groups in total. The zero-order chi connectivity index (χ0) is 13.1. The molecule has 0 aromatic carbocycles. The quantitative estimate of drug-likeness (QED) is 0.684. The molecular weight excluding hydrogens is 194 g/mol. The SMILES string of the molecule is C=C(NCC)C(CC(C)C)C(C)C.CCC. The van der Waals surface area contributed by atoms with Gasteiger partial charge in [0.05, 0.1) is 0 Å². The Morgan fingerprint density at radius 2 is 1.50 bits per heavy atom. The lowest BCUT2D eigenvalue weighted by Crippen LogP contribution is -2.24. The zero-order valence-electron chi connectivity index (χ0n) is 12.6. The number of rotatable bonds is 6. The fraction of sp³-hybridized carbons (Fsp3) is 0.867. The van der Waals surface area contributed by atoms with E-state index in [9.17, 15) is 0 Å². The van der Waals surface area contributed by atoms with Gasteiger partial charge in [-0.1, -0.05) is 54.5 Å². The Kier molecular flexibility index (Phi) is 12.4. The summed E-state index contributed by atoms with van der Waals surface area (Å²) in [6.45, 7) is 20.6. The first-order chi connectivity index (χ1) is 7.40. The van der Waals surface area contributed by atoms with Gasteiger partial charge in [0.1, 0.15) is 0 Å². The minimum Gasteiger partial charge on any atom is -0.389 e. The van der Waals surface area contributed by atoms with Crippen LogP contribution >= 0.6 is 0 Å². The molecule has 0 saturated heterocycles. The maximum atomic E-state index is 4.11. The van der Waals surface area contributed by atoms with Crippen LogP contribution in [0.4, 0.5) is 0 Å². The van der Waals surface area contributed by atoms with E-state index in [0.717, 1.165) is 12.5 Å². The van der Waals surface area contributed by atoms with Crippen LogP contribution in [0.5, 0.6) is 0 Å². The Morgan fingerprint density at radius 1 is 1.06 bits per heavy atom. The van der Waals surface area contributed by atoms with Gasteiger partial charge in [-0.05, 0) is 25.2 Å². The number of hydrogen-bond donors (Lipinski definition) is 1. The van der Waals surface area contributed by atoms with E-state index < -0.39 is 0 Å². The lowest BCUT2D eigenvalue weighted by molar-refractivity contribution is 0.349. The standard InChI is InChI=1S/C12H25N.C3H8/c1-7-13-11(6)12(10(4)5)8-9(2)3;1-3-2/h9-10,12-13H,6-8H2,1-5H3;3H2,1-2H3. The van der Waals surface area contributed by atoms with Crippen LogP contribution in [0.3, 0.4) is 0 Å². The van der Waals surface area contributed by atoms with Crippen LogP contribution in [-0.4, -0.2) is 6.54 Å². The van der Waals surface area contributed by atoms with Gasteiger partial charge in [-0.25, -0.2) is 0 Å². The van der Waals surface area contributed by atoms with E-state index in [0.29, 0.717) is 11.8 Å². The predicted octanol–water partition coefficient (Wildman–Crippen LogP) is 4.84. The number of allylic oxidation sites excluding steroid dienone is 1. The first-order valence-corrected chi connectivity index (χ1v) is 6.83. The monoisotopic (exact) mass is 227 g/mol. The van der Waals surface area contributed by atoms with E-state index in [4.69, 9.17) is 0 Å². The van der Waals surface area contributed by atoms with Gasteiger partial charge in [-0.3, -0.25) is 0 Å². The Balaban J connectivity index is 0. The molecule has 0 heterocycles. The molecule has 0 rings (SSSR count). The molecular formula is C15H33N. The summed E-state index contributed by atoms with van der Waals surface area (Å²) < 4.78 is 0. The van der Waals surface area contributed by atoms with Crippen molar-refractivity contribution in [2.45, 2.75) is 61.3 Å². The van der Waals surface area contributed by atoms with Gasteiger partial charge in [0.2, 0.25) is 0 Å². The van der Waals surface area contributed by atoms with Crippen LogP contribution in [0.1, 0.15) is 61.3 Å². The number of nitrogens with one attached hydrogen (secondary N) is 1. The van der Waals surface area contributed by atoms with E-state index in [1.54, 1.807) is 0 Å². The van der Waals surface area contributed by atoms with Gasteiger partial charge in [-0.15, -0.1) is 0 Å². The summed E-state index contributed by atoms with van der Waals surface area (Å²) in [5.74, 6) is 2.07. The van der Waals surface area contributed by atoms with Gasteiger partial charge >= 0.3 is 0 Å². The van der Waals surface area contributed by atoms with Gasteiger partial charge in [0, 0.05) is 18.2 Å². The summed E-state index contributed by atoms with van der Waals surface area (Å²) in [5, 5.41) is 3.34. The van der Waals surface area contributed by atoms with Crippen molar-refractivity contribution in [2.75, 3.05) is 6.54 Å². The van der Waals surface area contributed by atoms with Crippen molar-refractivity contribution in [1.29, 1.82) is 0 Å². The van der Waals surface area contributed by atoms with Crippen molar-refractivity contribution in [3.05, 3.63) is 12.3 Å². The van der Waals surface area contributed by atoms with E-state index in [1.165, 1.54) is 18.5 Å². The summed E-state index contributed by atoms with van der Waals surface area (Å²) in [5.41, 5.74) is 1.21.